The monoisotopic (exact) mass is 358 g/mol. The summed E-state index contributed by atoms with van der Waals surface area (Å²) in [5.74, 6) is -0.245. The Labute approximate surface area is 153 Å². The fourth-order valence-corrected chi connectivity index (χ4v) is 2.56. The van der Waals surface area contributed by atoms with Gasteiger partial charge in [0, 0.05) is 6.04 Å². The highest BCUT2D eigenvalue weighted by Crippen LogP contribution is 2.26. The summed E-state index contributed by atoms with van der Waals surface area (Å²) in [6.07, 6.45) is 0.614. The second-order valence-corrected chi connectivity index (χ2v) is 6.47. The Morgan fingerprint density at radius 2 is 1.77 bits per heavy atom. The molecule has 1 unspecified atom stereocenters. The van der Waals surface area contributed by atoms with Gasteiger partial charge in [-0.3, -0.25) is 9.59 Å². The van der Waals surface area contributed by atoms with Gasteiger partial charge in [-0.1, -0.05) is 31.2 Å². The van der Waals surface area contributed by atoms with Crippen LogP contribution in [0.5, 0.6) is 5.75 Å². The first-order valence-electron chi connectivity index (χ1n) is 8.81. The number of carbonyl (C=O) groups is 2. The van der Waals surface area contributed by atoms with Gasteiger partial charge in [-0.25, -0.2) is 0 Å². The van der Waals surface area contributed by atoms with Crippen molar-refractivity contribution in [2.24, 2.45) is 0 Å². The standard InChI is InChI=1S/C20H26N2O4/c1-4-16(11-23)22-20(25)17-9-14-7-5-6-8-15(14)10-18(17)26-12-19(24)21-13(2)3/h5-10,13,16,23H,4,11-12H2,1-3H3,(H,21,24)(H,22,25). The molecule has 0 bridgehead atoms. The number of rotatable bonds is 8. The van der Waals surface area contributed by atoms with Gasteiger partial charge in [-0.2, -0.15) is 0 Å². The molecular formula is C20H26N2O4. The zero-order valence-corrected chi connectivity index (χ0v) is 15.4. The molecule has 0 saturated heterocycles. The van der Waals surface area contributed by atoms with Crippen LogP contribution in [0.1, 0.15) is 37.6 Å². The maximum atomic E-state index is 12.7. The van der Waals surface area contributed by atoms with Crippen LogP contribution in [-0.4, -0.2) is 42.2 Å². The summed E-state index contributed by atoms with van der Waals surface area (Å²) in [7, 11) is 0. The lowest BCUT2D eigenvalue weighted by molar-refractivity contribution is -0.123. The first-order chi connectivity index (χ1) is 12.4. The lowest BCUT2D eigenvalue weighted by Crippen LogP contribution is -2.37. The van der Waals surface area contributed by atoms with E-state index < -0.39 is 0 Å². The number of hydrogen-bond donors (Lipinski definition) is 3. The molecule has 0 spiro atoms. The van der Waals surface area contributed by atoms with Crippen LogP contribution in [0.4, 0.5) is 0 Å². The lowest BCUT2D eigenvalue weighted by atomic mass is 10.0. The van der Waals surface area contributed by atoms with Crippen molar-refractivity contribution in [2.75, 3.05) is 13.2 Å². The molecule has 0 radical (unpaired) electrons. The molecule has 2 amide bonds. The maximum Gasteiger partial charge on any atom is 0.258 e. The van der Waals surface area contributed by atoms with E-state index in [9.17, 15) is 14.7 Å². The summed E-state index contributed by atoms with van der Waals surface area (Å²) < 4.78 is 5.64. The van der Waals surface area contributed by atoms with Crippen LogP contribution in [0.2, 0.25) is 0 Å². The molecule has 2 aromatic rings. The Morgan fingerprint density at radius 3 is 2.35 bits per heavy atom. The minimum Gasteiger partial charge on any atom is -0.483 e. The zero-order chi connectivity index (χ0) is 19.1. The van der Waals surface area contributed by atoms with Crippen molar-refractivity contribution in [3.05, 3.63) is 42.0 Å². The van der Waals surface area contributed by atoms with Crippen LogP contribution in [0.15, 0.2) is 36.4 Å². The summed E-state index contributed by atoms with van der Waals surface area (Å²) in [6, 6.07) is 10.8. The number of amides is 2. The average molecular weight is 358 g/mol. The number of aliphatic hydroxyl groups excluding tert-OH is 1. The van der Waals surface area contributed by atoms with Gasteiger partial charge in [0.1, 0.15) is 5.75 Å². The molecule has 0 aliphatic carbocycles. The summed E-state index contributed by atoms with van der Waals surface area (Å²) >= 11 is 0. The van der Waals surface area contributed by atoms with E-state index >= 15 is 0 Å². The second kappa shape index (κ2) is 9.20. The van der Waals surface area contributed by atoms with E-state index in [4.69, 9.17) is 4.74 Å². The Bertz CT molecular complexity index is 769. The number of nitrogens with one attached hydrogen (secondary N) is 2. The molecule has 3 N–H and O–H groups in total. The van der Waals surface area contributed by atoms with Crippen LogP contribution in [-0.2, 0) is 4.79 Å². The van der Waals surface area contributed by atoms with E-state index in [1.54, 1.807) is 12.1 Å². The molecule has 0 aliphatic heterocycles. The normalized spacial score (nSPS) is 12.0. The molecule has 0 heterocycles. The molecule has 2 aromatic carbocycles. The van der Waals surface area contributed by atoms with Crippen molar-refractivity contribution < 1.29 is 19.4 Å². The predicted octanol–water partition coefficient (Wildman–Crippen LogP) is 2.24. The second-order valence-electron chi connectivity index (χ2n) is 6.47. The molecule has 0 fully saturated rings. The van der Waals surface area contributed by atoms with Gasteiger partial charge in [-0.15, -0.1) is 0 Å². The van der Waals surface area contributed by atoms with Gasteiger partial charge >= 0.3 is 0 Å². The van der Waals surface area contributed by atoms with Gasteiger partial charge in [0.25, 0.3) is 11.8 Å². The summed E-state index contributed by atoms with van der Waals surface area (Å²) in [6.45, 7) is 5.31. The Hall–Kier alpha value is -2.60. The zero-order valence-electron chi connectivity index (χ0n) is 15.4. The quantitative estimate of drug-likeness (QED) is 0.675. The van der Waals surface area contributed by atoms with Gasteiger partial charge in [0.15, 0.2) is 6.61 Å². The maximum absolute atomic E-state index is 12.7. The first kappa shape index (κ1) is 19.7. The van der Waals surface area contributed by atoms with Crippen LogP contribution in [0, 0.1) is 0 Å². The molecule has 0 aliphatic rings. The van der Waals surface area contributed by atoms with E-state index in [0.717, 1.165) is 10.8 Å². The number of ether oxygens (including phenoxy) is 1. The van der Waals surface area contributed by atoms with Crippen LogP contribution >= 0.6 is 0 Å². The number of hydrogen-bond acceptors (Lipinski definition) is 4. The average Bonchev–Trinajstić information content (AvgIpc) is 2.62. The topological polar surface area (TPSA) is 87.7 Å². The third kappa shape index (κ3) is 5.20. The molecule has 6 nitrogen and oxygen atoms in total. The predicted molar refractivity (Wildman–Crippen MR) is 101 cm³/mol. The number of benzene rings is 2. The van der Waals surface area contributed by atoms with Gasteiger partial charge in [0.05, 0.1) is 18.2 Å². The highest BCUT2D eigenvalue weighted by Gasteiger charge is 2.18. The van der Waals surface area contributed by atoms with Gasteiger partial charge < -0.3 is 20.5 Å². The van der Waals surface area contributed by atoms with Crippen molar-refractivity contribution >= 4 is 22.6 Å². The number of fused-ring (bicyclic) bond motifs is 1. The van der Waals surface area contributed by atoms with Crippen molar-refractivity contribution in [1.29, 1.82) is 0 Å². The molecular weight excluding hydrogens is 332 g/mol. The third-order valence-electron chi connectivity index (χ3n) is 3.95. The van der Waals surface area contributed by atoms with Crippen molar-refractivity contribution in [3.63, 3.8) is 0 Å². The largest absolute Gasteiger partial charge is 0.483 e. The highest BCUT2D eigenvalue weighted by molar-refractivity contribution is 6.01. The number of carbonyl (C=O) groups excluding carboxylic acids is 2. The summed E-state index contributed by atoms with van der Waals surface area (Å²) in [5.41, 5.74) is 0.341. The first-order valence-corrected chi connectivity index (χ1v) is 8.81. The van der Waals surface area contributed by atoms with E-state index in [1.807, 2.05) is 45.0 Å². The van der Waals surface area contributed by atoms with Crippen LogP contribution in [0.25, 0.3) is 10.8 Å². The Kier molecular flexibility index (Phi) is 6.97. The van der Waals surface area contributed by atoms with E-state index in [2.05, 4.69) is 10.6 Å². The lowest BCUT2D eigenvalue weighted by Gasteiger charge is -2.17. The molecule has 2 rings (SSSR count). The Balaban J connectivity index is 2.29. The molecule has 1 atom stereocenters. The van der Waals surface area contributed by atoms with Crippen LogP contribution in [0.3, 0.4) is 0 Å². The summed E-state index contributed by atoms with van der Waals surface area (Å²) in [4.78, 5) is 24.5. The fraction of sp³-hybridized carbons (Fsp3) is 0.400. The molecule has 140 valence electrons. The molecule has 0 aromatic heterocycles. The van der Waals surface area contributed by atoms with Crippen molar-refractivity contribution in [3.8, 4) is 5.75 Å². The Morgan fingerprint density at radius 1 is 1.12 bits per heavy atom. The van der Waals surface area contributed by atoms with Crippen LogP contribution < -0.4 is 15.4 Å². The fourth-order valence-electron chi connectivity index (χ4n) is 2.56. The van der Waals surface area contributed by atoms with Crippen molar-refractivity contribution in [1.82, 2.24) is 10.6 Å². The van der Waals surface area contributed by atoms with Gasteiger partial charge in [0.2, 0.25) is 0 Å². The van der Waals surface area contributed by atoms with E-state index in [0.29, 0.717) is 17.7 Å². The van der Waals surface area contributed by atoms with E-state index in [1.165, 1.54) is 0 Å². The highest BCUT2D eigenvalue weighted by atomic mass is 16.5. The smallest absolute Gasteiger partial charge is 0.258 e. The molecule has 6 heteroatoms. The van der Waals surface area contributed by atoms with E-state index in [-0.39, 0.29) is 37.1 Å². The van der Waals surface area contributed by atoms with Gasteiger partial charge in [-0.05, 0) is 43.2 Å². The SMILES string of the molecule is CCC(CO)NC(=O)c1cc2ccccc2cc1OCC(=O)NC(C)C. The molecule has 26 heavy (non-hydrogen) atoms. The number of aliphatic hydroxyl groups is 1. The minimum absolute atomic E-state index is 0.0142. The van der Waals surface area contributed by atoms with Crippen molar-refractivity contribution in [2.45, 2.75) is 39.3 Å². The third-order valence-corrected chi connectivity index (χ3v) is 3.95. The summed E-state index contributed by atoms with van der Waals surface area (Å²) in [5, 5.41) is 16.7. The minimum atomic E-state index is -0.337. The molecule has 0 saturated carbocycles.